The summed E-state index contributed by atoms with van der Waals surface area (Å²) in [5.41, 5.74) is 1.16. The number of fused-ring (bicyclic) bond motifs is 2. The van der Waals surface area contributed by atoms with Crippen LogP contribution in [0.3, 0.4) is 0 Å². The zero-order chi connectivity index (χ0) is 22.5. The molecular formula is C23H25N5O2S2. The zero-order valence-electron chi connectivity index (χ0n) is 18.3. The highest BCUT2D eigenvalue weighted by molar-refractivity contribution is 7.99. The quantitative estimate of drug-likeness (QED) is 0.426. The molecule has 1 aliphatic rings. The van der Waals surface area contributed by atoms with Crippen molar-refractivity contribution in [2.24, 2.45) is 0 Å². The first-order valence-electron chi connectivity index (χ1n) is 10.5. The van der Waals surface area contributed by atoms with E-state index in [1.165, 1.54) is 11.8 Å². The Morgan fingerprint density at radius 1 is 0.969 bits per heavy atom. The van der Waals surface area contributed by atoms with Crippen molar-refractivity contribution in [1.29, 1.82) is 0 Å². The SMILES string of the molecule is CSc1nn2c(N3CCN(C)CC3)cc(C)nc2c1S(=O)(=O)c1ccc2ccccc2c1. The van der Waals surface area contributed by atoms with Crippen LogP contribution in [0.2, 0.25) is 0 Å². The molecule has 0 bridgehead atoms. The first-order valence-corrected chi connectivity index (χ1v) is 13.2. The molecule has 2 aromatic carbocycles. The molecule has 0 amide bonds. The van der Waals surface area contributed by atoms with Gasteiger partial charge in [0.1, 0.15) is 10.8 Å². The van der Waals surface area contributed by atoms with E-state index in [-0.39, 0.29) is 9.79 Å². The Hall–Kier alpha value is -2.62. The maximum atomic E-state index is 13.8. The van der Waals surface area contributed by atoms with Crippen LogP contribution in [0.15, 0.2) is 63.3 Å². The second kappa shape index (κ2) is 8.06. The van der Waals surface area contributed by atoms with E-state index in [4.69, 9.17) is 5.10 Å². The lowest BCUT2D eigenvalue weighted by Crippen LogP contribution is -2.45. The second-order valence-electron chi connectivity index (χ2n) is 8.13. The molecular weight excluding hydrogens is 442 g/mol. The summed E-state index contributed by atoms with van der Waals surface area (Å²) in [6, 6.07) is 15.0. The number of hydrogen-bond acceptors (Lipinski definition) is 7. The zero-order valence-corrected chi connectivity index (χ0v) is 19.9. The van der Waals surface area contributed by atoms with Gasteiger partial charge in [0.15, 0.2) is 10.5 Å². The van der Waals surface area contributed by atoms with Crippen LogP contribution in [0, 0.1) is 6.92 Å². The van der Waals surface area contributed by atoms with E-state index in [0.29, 0.717) is 10.7 Å². The molecule has 4 aromatic rings. The maximum Gasteiger partial charge on any atom is 0.213 e. The number of aryl methyl sites for hydroxylation is 1. The Bertz CT molecular complexity index is 1420. The van der Waals surface area contributed by atoms with Gasteiger partial charge in [0.2, 0.25) is 9.84 Å². The molecule has 0 unspecified atom stereocenters. The van der Waals surface area contributed by atoms with Crippen LogP contribution in [0.5, 0.6) is 0 Å². The van der Waals surface area contributed by atoms with Gasteiger partial charge in [-0.15, -0.1) is 11.8 Å². The number of aromatic nitrogens is 3. The maximum absolute atomic E-state index is 13.8. The van der Waals surface area contributed by atoms with E-state index in [2.05, 4.69) is 21.8 Å². The van der Waals surface area contributed by atoms with E-state index in [9.17, 15) is 8.42 Å². The Balaban J connectivity index is 1.71. The van der Waals surface area contributed by atoms with Gasteiger partial charge < -0.3 is 9.80 Å². The summed E-state index contributed by atoms with van der Waals surface area (Å²) in [5, 5.41) is 7.06. The topological polar surface area (TPSA) is 70.8 Å². The van der Waals surface area contributed by atoms with Crippen molar-refractivity contribution in [2.45, 2.75) is 21.7 Å². The lowest BCUT2D eigenvalue weighted by Gasteiger charge is -2.34. The van der Waals surface area contributed by atoms with Gasteiger partial charge in [0.25, 0.3) is 0 Å². The number of nitrogens with zero attached hydrogens (tertiary/aromatic N) is 5. The van der Waals surface area contributed by atoms with Gasteiger partial charge in [0, 0.05) is 37.9 Å². The van der Waals surface area contributed by atoms with Crippen LogP contribution in [0.4, 0.5) is 5.82 Å². The first kappa shape index (κ1) is 21.2. The number of thioether (sulfide) groups is 1. The number of hydrogen-bond donors (Lipinski definition) is 0. The largest absolute Gasteiger partial charge is 0.354 e. The number of benzene rings is 2. The standard InChI is InChI=1S/C23H25N5O2S2/c1-16-14-20(27-12-10-26(2)11-13-27)28-22(24-16)21(23(25-28)31-3)32(29,30)19-9-8-17-6-4-5-7-18(17)15-19/h4-9,14-15H,10-13H2,1-3H3. The van der Waals surface area contributed by atoms with E-state index in [0.717, 1.165) is 48.5 Å². The van der Waals surface area contributed by atoms with Crippen molar-refractivity contribution in [3.05, 3.63) is 54.2 Å². The molecule has 3 heterocycles. The normalized spacial score (nSPS) is 15.7. The van der Waals surface area contributed by atoms with E-state index in [1.807, 2.05) is 49.6 Å². The second-order valence-corrected chi connectivity index (χ2v) is 10.8. The van der Waals surface area contributed by atoms with Crippen LogP contribution in [0.25, 0.3) is 16.4 Å². The number of anilines is 1. The number of piperazine rings is 1. The molecule has 1 fully saturated rings. The molecule has 0 aliphatic carbocycles. The Morgan fingerprint density at radius 2 is 1.69 bits per heavy atom. The summed E-state index contributed by atoms with van der Waals surface area (Å²) in [5.74, 6) is 0.885. The molecule has 0 radical (unpaired) electrons. The van der Waals surface area contributed by atoms with Gasteiger partial charge >= 0.3 is 0 Å². The minimum Gasteiger partial charge on any atom is -0.354 e. The van der Waals surface area contributed by atoms with Crippen LogP contribution in [0.1, 0.15) is 5.69 Å². The van der Waals surface area contributed by atoms with E-state index < -0.39 is 9.84 Å². The molecule has 0 N–H and O–H groups in total. The highest BCUT2D eigenvalue weighted by Crippen LogP contribution is 2.35. The first-order chi connectivity index (χ1) is 15.4. The molecule has 32 heavy (non-hydrogen) atoms. The van der Waals surface area contributed by atoms with Crippen molar-refractivity contribution >= 4 is 43.8 Å². The fourth-order valence-electron chi connectivity index (χ4n) is 4.16. The van der Waals surface area contributed by atoms with E-state index >= 15 is 0 Å². The van der Waals surface area contributed by atoms with Crippen LogP contribution in [-0.2, 0) is 9.84 Å². The average Bonchev–Trinajstić information content (AvgIpc) is 3.18. The summed E-state index contributed by atoms with van der Waals surface area (Å²) in [4.78, 5) is 9.62. The van der Waals surface area contributed by atoms with Crippen molar-refractivity contribution < 1.29 is 8.42 Å². The molecule has 1 saturated heterocycles. The Kier molecular flexibility index (Phi) is 5.35. The summed E-state index contributed by atoms with van der Waals surface area (Å²) in [6.07, 6.45) is 1.85. The molecule has 0 spiro atoms. The molecule has 0 saturated carbocycles. The smallest absolute Gasteiger partial charge is 0.213 e. The summed E-state index contributed by atoms with van der Waals surface area (Å²) in [7, 11) is -1.71. The van der Waals surface area contributed by atoms with Gasteiger partial charge in [-0.05, 0) is 43.1 Å². The summed E-state index contributed by atoms with van der Waals surface area (Å²) in [6.45, 7) is 5.51. The van der Waals surface area contributed by atoms with Gasteiger partial charge in [-0.25, -0.2) is 13.4 Å². The lowest BCUT2D eigenvalue weighted by atomic mass is 10.1. The van der Waals surface area contributed by atoms with Crippen molar-refractivity contribution in [3.8, 4) is 0 Å². The highest BCUT2D eigenvalue weighted by Gasteiger charge is 2.30. The molecule has 166 valence electrons. The van der Waals surface area contributed by atoms with E-state index in [1.54, 1.807) is 16.6 Å². The monoisotopic (exact) mass is 467 g/mol. The van der Waals surface area contributed by atoms with Gasteiger partial charge in [-0.2, -0.15) is 9.61 Å². The lowest BCUT2D eigenvalue weighted by molar-refractivity contribution is 0.311. The van der Waals surface area contributed by atoms with Gasteiger partial charge in [-0.3, -0.25) is 0 Å². The van der Waals surface area contributed by atoms with Crippen LogP contribution in [-0.4, -0.2) is 67.4 Å². The van der Waals surface area contributed by atoms with Crippen LogP contribution < -0.4 is 4.90 Å². The number of likely N-dealkylation sites (N-methyl/N-ethyl adjacent to an activating group) is 1. The van der Waals surface area contributed by atoms with Crippen molar-refractivity contribution in [2.75, 3.05) is 44.4 Å². The molecule has 1 aliphatic heterocycles. The average molecular weight is 468 g/mol. The fourth-order valence-corrected chi connectivity index (χ4v) is 6.59. The molecule has 7 nitrogen and oxygen atoms in total. The Morgan fingerprint density at radius 3 is 2.41 bits per heavy atom. The van der Waals surface area contributed by atoms with Gasteiger partial charge in [0.05, 0.1) is 4.90 Å². The Labute approximate surface area is 192 Å². The minimum absolute atomic E-state index is 0.180. The number of rotatable bonds is 4. The summed E-state index contributed by atoms with van der Waals surface area (Å²) >= 11 is 1.33. The van der Waals surface area contributed by atoms with Crippen molar-refractivity contribution in [1.82, 2.24) is 19.5 Å². The molecule has 0 atom stereocenters. The molecule has 2 aromatic heterocycles. The predicted molar refractivity (Wildman–Crippen MR) is 129 cm³/mol. The third kappa shape index (κ3) is 3.54. The van der Waals surface area contributed by atoms with Crippen LogP contribution >= 0.6 is 11.8 Å². The summed E-state index contributed by atoms with van der Waals surface area (Å²) < 4.78 is 29.4. The third-order valence-electron chi connectivity index (χ3n) is 5.95. The number of sulfone groups is 1. The third-order valence-corrected chi connectivity index (χ3v) is 8.54. The highest BCUT2D eigenvalue weighted by atomic mass is 32.2. The predicted octanol–water partition coefficient (Wildman–Crippen LogP) is 3.50. The fraction of sp³-hybridized carbons (Fsp3) is 0.304. The molecule has 5 rings (SSSR count). The van der Waals surface area contributed by atoms with Gasteiger partial charge in [-0.1, -0.05) is 30.3 Å². The minimum atomic E-state index is -3.82. The molecule has 9 heteroatoms. The van der Waals surface area contributed by atoms with Crippen molar-refractivity contribution in [3.63, 3.8) is 0 Å².